The summed E-state index contributed by atoms with van der Waals surface area (Å²) >= 11 is 0. The van der Waals surface area contributed by atoms with Crippen molar-refractivity contribution in [2.24, 2.45) is 0 Å². The lowest BCUT2D eigenvalue weighted by Gasteiger charge is -2.31. The molecule has 1 aliphatic rings. The van der Waals surface area contributed by atoms with Gasteiger partial charge in [-0.25, -0.2) is 4.39 Å². The minimum Gasteiger partial charge on any atom is -0.457 e. The fourth-order valence-corrected chi connectivity index (χ4v) is 3.74. The summed E-state index contributed by atoms with van der Waals surface area (Å²) in [5.41, 5.74) is 2.36. The van der Waals surface area contributed by atoms with E-state index in [9.17, 15) is 14.0 Å². The Balaban J connectivity index is 1.51. The van der Waals surface area contributed by atoms with Crippen LogP contribution in [-0.4, -0.2) is 29.8 Å². The Bertz CT molecular complexity index is 1050. The molecule has 158 valence electrons. The Morgan fingerprint density at radius 3 is 2.10 bits per heavy atom. The maximum Gasteiger partial charge on any atom is 0.239 e. The number of likely N-dealkylation sites (N-methyl/N-ethyl adjacent to an activating group) is 1. The molecule has 0 spiro atoms. The van der Waals surface area contributed by atoms with Crippen molar-refractivity contribution in [3.8, 4) is 11.5 Å². The molecule has 0 aromatic heterocycles. The van der Waals surface area contributed by atoms with Gasteiger partial charge in [0.1, 0.15) is 17.3 Å². The number of carbonyl (C=O) groups is 2. The second-order valence-electron chi connectivity index (χ2n) is 7.37. The van der Waals surface area contributed by atoms with Gasteiger partial charge in [-0.3, -0.25) is 9.59 Å². The number of hydrogen-bond donors (Lipinski definition) is 1. The quantitative estimate of drug-likeness (QED) is 0.652. The van der Waals surface area contributed by atoms with Crippen LogP contribution >= 0.6 is 0 Å². The molecule has 0 bridgehead atoms. The molecule has 0 radical (unpaired) electrons. The lowest BCUT2D eigenvalue weighted by molar-refractivity contribution is -0.136. The molecule has 0 unspecified atom stereocenters. The van der Waals surface area contributed by atoms with Gasteiger partial charge in [0, 0.05) is 24.2 Å². The Morgan fingerprint density at radius 1 is 0.935 bits per heavy atom. The second kappa shape index (κ2) is 9.00. The Kier molecular flexibility index (Phi) is 5.98. The first-order valence-electron chi connectivity index (χ1n) is 10.2. The average molecular weight is 418 g/mol. The van der Waals surface area contributed by atoms with Crippen LogP contribution in [0.15, 0.2) is 72.8 Å². The van der Waals surface area contributed by atoms with Crippen molar-refractivity contribution in [3.05, 3.63) is 95.3 Å². The largest absolute Gasteiger partial charge is 0.457 e. The Hall–Kier alpha value is -3.67. The zero-order valence-electron chi connectivity index (χ0n) is 17.2. The van der Waals surface area contributed by atoms with Crippen LogP contribution < -0.4 is 10.1 Å². The number of nitrogens with zero attached hydrogens (tertiary/aromatic N) is 1. The van der Waals surface area contributed by atoms with Gasteiger partial charge in [-0.1, -0.05) is 48.5 Å². The first kappa shape index (κ1) is 20.6. The monoisotopic (exact) mass is 418 g/mol. The van der Waals surface area contributed by atoms with Gasteiger partial charge in [0.05, 0.1) is 12.5 Å². The van der Waals surface area contributed by atoms with Crippen molar-refractivity contribution in [1.29, 1.82) is 0 Å². The van der Waals surface area contributed by atoms with Gasteiger partial charge in [0.2, 0.25) is 11.8 Å². The summed E-state index contributed by atoms with van der Waals surface area (Å²) in [5.74, 6) is 0.0179. The molecule has 3 aromatic carbocycles. The topological polar surface area (TPSA) is 58.6 Å². The number of halogens is 1. The lowest BCUT2D eigenvalue weighted by Crippen LogP contribution is -2.43. The van der Waals surface area contributed by atoms with Gasteiger partial charge in [-0.05, 0) is 36.8 Å². The van der Waals surface area contributed by atoms with Crippen LogP contribution in [0.25, 0.3) is 0 Å². The molecule has 31 heavy (non-hydrogen) atoms. The zero-order chi connectivity index (χ0) is 21.8. The van der Waals surface area contributed by atoms with Gasteiger partial charge in [-0.2, -0.15) is 0 Å². The summed E-state index contributed by atoms with van der Waals surface area (Å²) in [6.45, 7) is 2.46. The van der Waals surface area contributed by atoms with E-state index in [4.69, 9.17) is 4.74 Å². The molecule has 1 aliphatic heterocycles. The van der Waals surface area contributed by atoms with Crippen LogP contribution in [0.1, 0.15) is 29.5 Å². The fraction of sp³-hybridized carbons (Fsp3) is 0.200. The molecule has 1 N–H and O–H groups in total. The van der Waals surface area contributed by atoms with Crippen LogP contribution in [-0.2, 0) is 16.1 Å². The van der Waals surface area contributed by atoms with Gasteiger partial charge >= 0.3 is 0 Å². The second-order valence-corrected chi connectivity index (χ2v) is 7.37. The number of nitrogens with one attached hydrogen (secondary N) is 1. The number of fused-ring (bicyclic) bond motifs is 2. The number of para-hydroxylation sites is 2. The normalized spacial score (nSPS) is 12.3. The predicted octanol–water partition coefficient (Wildman–Crippen LogP) is 4.23. The highest BCUT2D eigenvalue weighted by atomic mass is 19.1. The maximum atomic E-state index is 13.6. The fourth-order valence-electron chi connectivity index (χ4n) is 3.74. The number of amides is 2. The van der Waals surface area contributed by atoms with Crippen LogP contribution in [0.5, 0.6) is 11.5 Å². The summed E-state index contributed by atoms with van der Waals surface area (Å²) < 4.78 is 19.0. The number of hydrogen-bond acceptors (Lipinski definition) is 3. The van der Waals surface area contributed by atoms with E-state index >= 15 is 0 Å². The maximum absolute atomic E-state index is 13.6. The van der Waals surface area contributed by atoms with Gasteiger partial charge < -0.3 is 15.0 Å². The van der Waals surface area contributed by atoms with E-state index in [2.05, 4.69) is 5.32 Å². The summed E-state index contributed by atoms with van der Waals surface area (Å²) in [6.07, 6.45) is 0. The molecule has 3 aromatic rings. The molecule has 4 rings (SSSR count). The minimum atomic E-state index is -0.536. The van der Waals surface area contributed by atoms with Gasteiger partial charge in [0.15, 0.2) is 0 Å². The van der Waals surface area contributed by atoms with Crippen LogP contribution in [0.3, 0.4) is 0 Å². The van der Waals surface area contributed by atoms with E-state index in [-0.39, 0.29) is 30.7 Å². The molecule has 2 amide bonds. The highest BCUT2D eigenvalue weighted by Crippen LogP contribution is 2.44. The zero-order valence-corrected chi connectivity index (χ0v) is 17.2. The molecule has 0 aliphatic carbocycles. The highest BCUT2D eigenvalue weighted by molar-refractivity contribution is 5.92. The molecular weight excluding hydrogens is 395 g/mol. The van der Waals surface area contributed by atoms with E-state index in [1.165, 1.54) is 12.1 Å². The first-order chi connectivity index (χ1) is 15.1. The molecule has 0 saturated carbocycles. The van der Waals surface area contributed by atoms with E-state index in [1.54, 1.807) is 17.0 Å². The van der Waals surface area contributed by atoms with E-state index < -0.39 is 5.92 Å². The van der Waals surface area contributed by atoms with Crippen molar-refractivity contribution < 1.29 is 18.7 Å². The standard InChI is InChI=1S/C25H23FN2O3/c1-2-28(16-23(29)27-15-17-11-13-18(26)14-12-17)25(30)24-19-7-3-5-9-21(19)31-22-10-6-4-8-20(22)24/h3-14,24H,2,15-16H2,1H3,(H,27,29). The van der Waals surface area contributed by atoms with Crippen molar-refractivity contribution in [1.82, 2.24) is 10.2 Å². The third-order valence-corrected chi connectivity index (χ3v) is 5.36. The van der Waals surface area contributed by atoms with Crippen LogP contribution in [0.4, 0.5) is 4.39 Å². The van der Waals surface area contributed by atoms with E-state index in [1.807, 2.05) is 55.5 Å². The van der Waals surface area contributed by atoms with E-state index in [0.717, 1.165) is 16.7 Å². The van der Waals surface area contributed by atoms with Crippen molar-refractivity contribution in [2.75, 3.05) is 13.1 Å². The van der Waals surface area contributed by atoms with Gasteiger partial charge in [0.25, 0.3) is 0 Å². The Morgan fingerprint density at radius 2 is 1.52 bits per heavy atom. The lowest BCUT2D eigenvalue weighted by atomic mass is 9.87. The SMILES string of the molecule is CCN(CC(=O)NCc1ccc(F)cc1)C(=O)C1c2ccccc2Oc2ccccc21. The number of rotatable bonds is 6. The molecule has 0 saturated heterocycles. The molecule has 0 fully saturated rings. The Labute approximate surface area is 180 Å². The number of ether oxygens (including phenoxy) is 1. The highest BCUT2D eigenvalue weighted by Gasteiger charge is 2.35. The summed E-state index contributed by atoms with van der Waals surface area (Å²) in [7, 11) is 0. The van der Waals surface area contributed by atoms with Crippen molar-refractivity contribution >= 4 is 11.8 Å². The minimum absolute atomic E-state index is 0.0573. The van der Waals surface area contributed by atoms with E-state index in [0.29, 0.717) is 18.0 Å². The molecule has 5 nitrogen and oxygen atoms in total. The first-order valence-corrected chi connectivity index (χ1v) is 10.2. The smallest absolute Gasteiger partial charge is 0.239 e. The van der Waals surface area contributed by atoms with Crippen molar-refractivity contribution in [3.63, 3.8) is 0 Å². The molecule has 6 heteroatoms. The van der Waals surface area contributed by atoms with Crippen LogP contribution in [0, 0.1) is 5.82 Å². The third-order valence-electron chi connectivity index (χ3n) is 5.36. The summed E-state index contributed by atoms with van der Waals surface area (Å²) in [6, 6.07) is 20.9. The predicted molar refractivity (Wildman–Crippen MR) is 115 cm³/mol. The molecular formula is C25H23FN2O3. The molecule has 0 atom stereocenters. The van der Waals surface area contributed by atoms with Crippen LogP contribution in [0.2, 0.25) is 0 Å². The average Bonchev–Trinajstić information content (AvgIpc) is 2.80. The van der Waals surface area contributed by atoms with Gasteiger partial charge in [-0.15, -0.1) is 0 Å². The summed E-state index contributed by atoms with van der Waals surface area (Å²) in [4.78, 5) is 27.6. The third kappa shape index (κ3) is 4.43. The summed E-state index contributed by atoms with van der Waals surface area (Å²) in [5, 5.41) is 2.80. The van der Waals surface area contributed by atoms with Crippen molar-refractivity contribution in [2.45, 2.75) is 19.4 Å². The number of carbonyl (C=O) groups excluding carboxylic acids is 2. The molecule has 1 heterocycles. The number of benzene rings is 3.